The molecule has 1 amide bonds. The van der Waals surface area contributed by atoms with Crippen LogP contribution in [0.15, 0.2) is 47.1 Å². The molecular weight excluding hydrogens is 290 g/mol. The van der Waals surface area contributed by atoms with Crippen molar-refractivity contribution in [1.82, 2.24) is 5.32 Å². The van der Waals surface area contributed by atoms with Crippen molar-refractivity contribution < 1.29 is 9.59 Å². The molecule has 0 radical (unpaired) electrons. The lowest BCUT2D eigenvalue weighted by Gasteiger charge is -2.09. The fourth-order valence-corrected chi connectivity index (χ4v) is 1.93. The van der Waals surface area contributed by atoms with Gasteiger partial charge in [0, 0.05) is 25.7 Å². The van der Waals surface area contributed by atoms with Gasteiger partial charge in [0.05, 0.1) is 17.1 Å². The second-order valence-electron chi connectivity index (χ2n) is 5.33. The maximum absolute atomic E-state index is 11.8. The number of hydrogen-bond acceptors (Lipinski definition) is 4. The van der Waals surface area contributed by atoms with Crippen molar-refractivity contribution >= 4 is 28.8 Å². The first-order valence-corrected chi connectivity index (χ1v) is 7.27. The largest absolute Gasteiger partial charge is 0.388 e. The summed E-state index contributed by atoms with van der Waals surface area (Å²) in [5, 5.41) is 5.73. The Hall–Kier alpha value is -2.69. The van der Waals surface area contributed by atoms with Crippen LogP contribution in [0.25, 0.3) is 0 Å². The number of carbonyl (C=O) groups is 2. The number of nitrogens with zero attached hydrogens (tertiary/aromatic N) is 1. The van der Waals surface area contributed by atoms with Crippen LogP contribution in [0.2, 0.25) is 0 Å². The molecule has 5 nitrogen and oxygen atoms in total. The maximum Gasteiger partial charge on any atom is 0.221 e. The lowest BCUT2D eigenvalue weighted by atomic mass is 10.1. The van der Waals surface area contributed by atoms with E-state index in [1.807, 2.05) is 32.2 Å². The van der Waals surface area contributed by atoms with E-state index in [2.05, 4.69) is 22.2 Å². The van der Waals surface area contributed by atoms with Gasteiger partial charge in [0.25, 0.3) is 0 Å². The number of rotatable bonds is 6. The first-order chi connectivity index (χ1) is 10.7. The third-order valence-electron chi connectivity index (χ3n) is 3.17. The van der Waals surface area contributed by atoms with E-state index in [1.165, 1.54) is 13.0 Å². The van der Waals surface area contributed by atoms with Gasteiger partial charge in [-0.05, 0) is 50.1 Å². The number of aryl methyl sites for hydroxylation is 1. The Morgan fingerprint density at radius 3 is 2.35 bits per heavy atom. The Morgan fingerprint density at radius 1 is 1.22 bits per heavy atom. The minimum atomic E-state index is -0.262. The molecule has 0 aliphatic heterocycles. The number of benzene rings is 1. The zero-order valence-corrected chi connectivity index (χ0v) is 14.3. The molecule has 0 aliphatic carbocycles. The molecule has 0 spiro atoms. The fourth-order valence-electron chi connectivity index (χ4n) is 1.93. The molecule has 0 atom stereocenters. The van der Waals surface area contributed by atoms with Crippen LogP contribution in [-0.2, 0) is 9.59 Å². The molecule has 5 heteroatoms. The van der Waals surface area contributed by atoms with Crippen molar-refractivity contribution in [2.24, 2.45) is 4.99 Å². The summed E-state index contributed by atoms with van der Waals surface area (Å²) in [5.41, 5.74) is 4.15. The van der Waals surface area contributed by atoms with Crippen molar-refractivity contribution in [2.75, 3.05) is 12.4 Å². The molecule has 0 unspecified atom stereocenters. The number of aliphatic imine (C=N–C) groups is 1. The number of anilines is 1. The van der Waals surface area contributed by atoms with E-state index < -0.39 is 0 Å². The van der Waals surface area contributed by atoms with Crippen LogP contribution in [0.4, 0.5) is 11.4 Å². The minimum Gasteiger partial charge on any atom is -0.388 e. The Balaban J connectivity index is 3.20. The number of amides is 1. The fraction of sp³-hybridized carbons (Fsp3) is 0.278. The average molecular weight is 313 g/mol. The molecule has 1 aromatic carbocycles. The van der Waals surface area contributed by atoms with E-state index >= 15 is 0 Å². The Bertz CT molecular complexity index is 700. The minimum absolute atomic E-state index is 0.245. The third-order valence-corrected chi connectivity index (χ3v) is 3.17. The number of nitrogens with one attached hydrogen (secondary N) is 2. The highest BCUT2D eigenvalue weighted by molar-refractivity contribution is 6.11. The normalized spacial score (nSPS) is 11.9. The van der Waals surface area contributed by atoms with Gasteiger partial charge in [0.2, 0.25) is 5.91 Å². The molecule has 0 aliphatic rings. The first-order valence-electron chi connectivity index (χ1n) is 7.27. The van der Waals surface area contributed by atoms with Crippen molar-refractivity contribution in [3.63, 3.8) is 0 Å². The Labute approximate surface area is 137 Å². The van der Waals surface area contributed by atoms with Crippen molar-refractivity contribution in [3.05, 3.63) is 47.7 Å². The summed E-state index contributed by atoms with van der Waals surface area (Å²) >= 11 is 0. The van der Waals surface area contributed by atoms with E-state index in [0.29, 0.717) is 17.0 Å². The second kappa shape index (κ2) is 8.08. The van der Waals surface area contributed by atoms with Gasteiger partial charge >= 0.3 is 0 Å². The van der Waals surface area contributed by atoms with Crippen LogP contribution < -0.4 is 10.6 Å². The number of ketones is 1. The molecular formula is C18H23N3O2. The molecule has 0 saturated carbocycles. The molecule has 2 N–H and O–H groups in total. The third kappa shape index (κ3) is 5.54. The summed E-state index contributed by atoms with van der Waals surface area (Å²) in [4.78, 5) is 27.7. The topological polar surface area (TPSA) is 70.6 Å². The molecule has 122 valence electrons. The SMILES string of the molecule is C=C(C)C(=O)/C=C(/NC(C)=O)C(C)=Nc1ccc(NC)c(C)c1. The molecule has 1 aromatic rings. The molecule has 23 heavy (non-hydrogen) atoms. The summed E-state index contributed by atoms with van der Waals surface area (Å²) in [6.07, 6.45) is 1.34. The van der Waals surface area contributed by atoms with Gasteiger partial charge < -0.3 is 10.6 Å². The molecule has 0 aromatic heterocycles. The van der Waals surface area contributed by atoms with Crippen LogP contribution in [0, 0.1) is 6.92 Å². The van der Waals surface area contributed by atoms with Crippen LogP contribution in [0.3, 0.4) is 0 Å². The van der Waals surface area contributed by atoms with Crippen LogP contribution >= 0.6 is 0 Å². The van der Waals surface area contributed by atoms with Gasteiger partial charge in [0.15, 0.2) is 5.78 Å². The summed E-state index contributed by atoms with van der Waals surface area (Å²) in [7, 11) is 1.86. The van der Waals surface area contributed by atoms with Gasteiger partial charge in [-0.25, -0.2) is 0 Å². The summed E-state index contributed by atoms with van der Waals surface area (Å²) in [6.45, 7) is 10.3. The van der Waals surface area contributed by atoms with Gasteiger partial charge in [0.1, 0.15) is 0 Å². The van der Waals surface area contributed by atoms with E-state index in [-0.39, 0.29) is 11.7 Å². The first kappa shape index (κ1) is 18.4. The highest BCUT2D eigenvalue weighted by Crippen LogP contribution is 2.22. The van der Waals surface area contributed by atoms with Crippen LogP contribution in [-0.4, -0.2) is 24.4 Å². The summed E-state index contributed by atoms with van der Waals surface area (Å²) in [6, 6.07) is 5.73. The van der Waals surface area contributed by atoms with Gasteiger partial charge in [-0.2, -0.15) is 0 Å². The molecule has 1 rings (SSSR count). The van der Waals surface area contributed by atoms with Crippen molar-refractivity contribution in [1.29, 1.82) is 0 Å². The quantitative estimate of drug-likeness (QED) is 0.625. The van der Waals surface area contributed by atoms with Crippen molar-refractivity contribution in [2.45, 2.75) is 27.7 Å². The average Bonchev–Trinajstić information content (AvgIpc) is 2.46. The monoisotopic (exact) mass is 313 g/mol. The van der Waals surface area contributed by atoms with Gasteiger partial charge in [-0.3, -0.25) is 14.6 Å². The molecule has 0 saturated heterocycles. The zero-order chi connectivity index (χ0) is 17.6. The number of hydrogen-bond donors (Lipinski definition) is 2. The predicted molar refractivity (Wildman–Crippen MR) is 95.2 cm³/mol. The Morgan fingerprint density at radius 2 is 1.87 bits per heavy atom. The van der Waals surface area contributed by atoms with Crippen LogP contribution in [0.1, 0.15) is 26.3 Å². The highest BCUT2D eigenvalue weighted by Gasteiger charge is 2.08. The lowest BCUT2D eigenvalue weighted by Crippen LogP contribution is -2.24. The maximum atomic E-state index is 11.8. The lowest BCUT2D eigenvalue weighted by molar-refractivity contribution is -0.118. The second-order valence-corrected chi connectivity index (χ2v) is 5.33. The number of allylic oxidation sites excluding steroid dienone is 3. The summed E-state index contributed by atoms with van der Waals surface area (Å²) < 4.78 is 0. The standard InChI is InChI=1S/C18H23N3O2/c1-11(2)18(23)10-17(21-14(5)22)13(4)20-15-7-8-16(19-6)12(3)9-15/h7-10,19H,1H2,2-6H3,(H,21,22)/b17-10+,20-13?. The van der Waals surface area contributed by atoms with Crippen LogP contribution in [0.5, 0.6) is 0 Å². The zero-order valence-electron chi connectivity index (χ0n) is 14.3. The van der Waals surface area contributed by atoms with Gasteiger partial charge in [-0.1, -0.05) is 6.58 Å². The van der Waals surface area contributed by atoms with E-state index in [1.54, 1.807) is 13.8 Å². The number of carbonyl (C=O) groups excluding carboxylic acids is 2. The summed E-state index contributed by atoms with van der Waals surface area (Å²) in [5.74, 6) is -0.507. The molecule has 0 bridgehead atoms. The van der Waals surface area contributed by atoms with E-state index in [9.17, 15) is 9.59 Å². The predicted octanol–water partition coefficient (Wildman–Crippen LogP) is 3.29. The molecule has 0 heterocycles. The Kier molecular flexibility index (Phi) is 6.45. The smallest absolute Gasteiger partial charge is 0.221 e. The van der Waals surface area contributed by atoms with E-state index in [4.69, 9.17) is 0 Å². The van der Waals surface area contributed by atoms with Gasteiger partial charge in [-0.15, -0.1) is 0 Å². The van der Waals surface area contributed by atoms with E-state index in [0.717, 1.165) is 16.9 Å². The van der Waals surface area contributed by atoms with Crippen molar-refractivity contribution in [3.8, 4) is 0 Å². The highest BCUT2D eigenvalue weighted by atomic mass is 16.1. The molecule has 0 fully saturated rings.